The summed E-state index contributed by atoms with van der Waals surface area (Å²) < 4.78 is 1.88. The number of ketones is 1. The fourth-order valence-corrected chi connectivity index (χ4v) is 4.48. The van der Waals surface area contributed by atoms with E-state index in [1.165, 1.54) is 0 Å². The number of hydrogen-bond donors (Lipinski definition) is 2. The summed E-state index contributed by atoms with van der Waals surface area (Å²) in [6.45, 7) is 15.3. The molecule has 2 aromatic rings. The Labute approximate surface area is 219 Å². The monoisotopic (exact) mass is 500 g/mol. The number of rotatable bonds is 8. The summed E-state index contributed by atoms with van der Waals surface area (Å²) >= 11 is 0. The van der Waals surface area contributed by atoms with Crippen LogP contribution in [0.15, 0.2) is 70.1 Å². The molecule has 0 saturated carbocycles. The lowest BCUT2D eigenvalue weighted by Gasteiger charge is -2.25. The number of aliphatic hydroxyl groups excluding tert-OH is 1. The number of allylic oxidation sites excluding steroid dienone is 6. The van der Waals surface area contributed by atoms with E-state index < -0.39 is 0 Å². The van der Waals surface area contributed by atoms with Gasteiger partial charge in [0, 0.05) is 36.7 Å². The average Bonchev–Trinajstić information content (AvgIpc) is 3.02. The van der Waals surface area contributed by atoms with Crippen molar-refractivity contribution in [2.24, 2.45) is 5.10 Å². The fraction of sp³-hybridized carbons (Fsp3) is 0.300. The Morgan fingerprint density at radius 1 is 1.11 bits per heavy atom. The highest BCUT2D eigenvalue weighted by Crippen LogP contribution is 2.42. The summed E-state index contributed by atoms with van der Waals surface area (Å²) in [5.41, 5.74) is 7.96. The number of Topliss-reactive ketones (excluding diaryl/α,β-unsaturated/α-hetero) is 1. The van der Waals surface area contributed by atoms with Crippen molar-refractivity contribution in [3.63, 3.8) is 0 Å². The third kappa shape index (κ3) is 5.66. The Kier molecular flexibility index (Phi) is 8.06. The first-order valence-corrected chi connectivity index (χ1v) is 12.1. The highest BCUT2D eigenvalue weighted by atomic mass is 16.3. The lowest BCUT2D eigenvalue weighted by Crippen LogP contribution is -2.24. The molecule has 2 N–H and O–H groups in total. The number of hydrogen-bond acceptors (Lipinski definition) is 5. The second-order valence-corrected chi connectivity index (χ2v) is 9.75. The van der Waals surface area contributed by atoms with Crippen molar-refractivity contribution in [2.45, 2.75) is 48.1 Å². The number of nitrogens with zero attached hydrogens (tertiary/aromatic N) is 3. The van der Waals surface area contributed by atoms with Crippen LogP contribution in [0.25, 0.3) is 5.57 Å². The van der Waals surface area contributed by atoms with E-state index in [1.807, 2.05) is 90.5 Å². The van der Waals surface area contributed by atoms with Crippen molar-refractivity contribution in [3.05, 3.63) is 93.1 Å². The van der Waals surface area contributed by atoms with Gasteiger partial charge in [-0.2, -0.15) is 5.10 Å². The van der Waals surface area contributed by atoms with E-state index in [1.54, 1.807) is 11.2 Å². The summed E-state index contributed by atoms with van der Waals surface area (Å²) in [7, 11) is 3.70. The number of aliphatic hydroxyl groups is 1. The van der Waals surface area contributed by atoms with Gasteiger partial charge in [0.1, 0.15) is 12.3 Å². The van der Waals surface area contributed by atoms with Crippen LogP contribution in [-0.2, 0) is 16.1 Å². The molecule has 0 atom stereocenters. The summed E-state index contributed by atoms with van der Waals surface area (Å²) in [5.74, 6) is -0.365. The van der Waals surface area contributed by atoms with E-state index in [9.17, 15) is 14.7 Å². The first kappa shape index (κ1) is 27.5. The van der Waals surface area contributed by atoms with E-state index in [0.717, 1.165) is 39.2 Å². The standard InChI is InChI=1S/C30H36N4O3/c1-17(2)14-18(3)19(4)27-29(36)28(30(27)37)26-20(5)21(6)34(22(26)7)16-25(35)32-24-12-10-23(11-13-24)15-31-33(8)9/h10-15,36H,1,16H2,2-9H3,(H,32,35)/b18-14-,27-19+,31-15+. The van der Waals surface area contributed by atoms with Crippen molar-refractivity contribution < 1.29 is 14.7 Å². The number of hydrazone groups is 1. The molecule has 0 aliphatic heterocycles. The normalized spacial score (nSPS) is 15.2. The molecular weight excluding hydrogens is 464 g/mol. The van der Waals surface area contributed by atoms with Crippen molar-refractivity contribution in [2.75, 3.05) is 19.4 Å². The molecule has 1 aliphatic rings. The third-order valence-corrected chi connectivity index (χ3v) is 6.63. The zero-order chi connectivity index (χ0) is 27.6. The molecule has 0 radical (unpaired) electrons. The van der Waals surface area contributed by atoms with Gasteiger partial charge in [0.15, 0.2) is 0 Å². The number of carbonyl (C=O) groups excluding carboxylic acids is 2. The summed E-state index contributed by atoms with van der Waals surface area (Å²) in [5, 5.41) is 19.8. The second kappa shape index (κ2) is 10.9. The van der Waals surface area contributed by atoms with E-state index in [0.29, 0.717) is 22.4 Å². The van der Waals surface area contributed by atoms with E-state index in [2.05, 4.69) is 17.0 Å². The second-order valence-electron chi connectivity index (χ2n) is 9.75. The van der Waals surface area contributed by atoms with Crippen molar-refractivity contribution >= 4 is 29.2 Å². The number of aromatic nitrogens is 1. The summed E-state index contributed by atoms with van der Waals surface area (Å²) in [6.07, 6.45) is 3.63. The van der Waals surface area contributed by atoms with Gasteiger partial charge in [-0.1, -0.05) is 30.4 Å². The van der Waals surface area contributed by atoms with Gasteiger partial charge < -0.3 is 20.0 Å². The Bertz CT molecular complexity index is 1400. The minimum Gasteiger partial charge on any atom is -0.506 e. The minimum atomic E-state index is -0.185. The van der Waals surface area contributed by atoms with Crippen LogP contribution in [0.2, 0.25) is 0 Å². The van der Waals surface area contributed by atoms with Crippen LogP contribution in [0.1, 0.15) is 48.8 Å². The number of amides is 1. The smallest absolute Gasteiger partial charge is 0.244 e. The molecule has 1 aromatic carbocycles. The Morgan fingerprint density at radius 2 is 1.73 bits per heavy atom. The predicted molar refractivity (Wildman–Crippen MR) is 151 cm³/mol. The topological polar surface area (TPSA) is 86.9 Å². The zero-order valence-electron chi connectivity index (χ0n) is 23.0. The zero-order valence-corrected chi connectivity index (χ0v) is 23.0. The molecule has 37 heavy (non-hydrogen) atoms. The molecule has 1 heterocycles. The molecule has 0 bridgehead atoms. The highest BCUT2D eigenvalue weighted by molar-refractivity contribution is 6.39. The number of benzene rings is 1. The quantitative estimate of drug-likeness (QED) is 0.213. The molecular formula is C30H36N4O3. The van der Waals surface area contributed by atoms with Crippen molar-refractivity contribution in [1.82, 2.24) is 9.58 Å². The highest BCUT2D eigenvalue weighted by Gasteiger charge is 2.39. The maximum Gasteiger partial charge on any atom is 0.244 e. The maximum absolute atomic E-state index is 13.2. The van der Waals surface area contributed by atoms with Gasteiger partial charge in [-0.05, 0) is 75.9 Å². The largest absolute Gasteiger partial charge is 0.506 e. The van der Waals surface area contributed by atoms with Crippen LogP contribution in [0, 0.1) is 20.8 Å². The lowest BCUT2D eigenvalue weighted by atomic mass is 9.78. The number of anilines is 1. The molecule has 7 heteroatoms. The summed E-state index contributed by atoms with van der Waals surface area (Å²) in [6, 6.07) is 7.43. The van der Waals surface area contributed by atoms with E-state index in [-0.39, 0.29) is 24.0 Å². The Hall–Kier alpha value is -4.13. The minimum absolute atomic E-state index is 0.00247. The predicted octanol–water partition coefficient (Wildman–Crippen LogP) is 5.64. The van der Waals surface area contributed by atoms with E-state index in [4.69, 9.17) is 0 Å². The van der Waals surface area contributed by atoms with Gasteiger partial charge in [0.2, 0.25) is 11.7 Å². The van der Waals surface area contributed by atoms with Crippen LogP contribution in [0.5, 0.6) is 0 Å². The molecule has 1 aliphatic carbocycles. The first-order chi connectivity index (χ1) is 17.3. The SMILES string of the molecule is C=C(C)/C=C(C)\C(C)=C1\C(=O)C(c2c(C)c(C)n(CC(=O)Nc3ccc(/C=N/N(C)C)cc3)c2C)=C1O. The van der Waals surface area contributed by atoms with Crippen LogP contribution in [-0.4, -0.2) is 46.7 Å². The third-order valence-electron chi connectivity index (χ3n) is 6.63. The van der Waals surface area contributed by atoms with Crippen LogP contribution in [0.3, 0.4) is 0 Å². The van der Waals surface area contributed by atoms with Gasteiger partial charge in [0.25, 0.3) is 0 Å². The molecule has 194 valence electrons. The van der Waals surface area contributed by atoms with Crippen LogP contribution >= 0.6 is 0 Å². The molecule has 0 unspecified atom stereocenters. The lowest BCUT2D eigenvalue weighted by molar-refractivity contribution is -0.116. The van der Waals surface area contributed by atoms with Crippen LogP contribution < -0.4 is 5.32 Å². The van der Waals surface area contributed by atoms with Gasteiger partial charge >= 0.3 is 0 Å². The number of carbonyl (C=O) groups is 2. The summed E-state index contributed by atoms with van der Waals surface area (Å²) in [4.78, 5) is 26.1. The number of nitrogens with one attached hydrogen (secondary N) is 1. The molecule has 0 saturated heterocycles. The van der Waals surface area contributed by atoms with Crippen molar-refractivity contribution in [1.29, 1.82) is 0 Å². The first-order valence-electron chi connectivity index (χ1n) is 12.1. The molecule has 0 fully saturated rings. The van der Waals surface area contributed by atoms with Crippen LogP contribution in [0.4, 0.5) is 5.69 Å². The Morgan fingerprint density at radius 3 is 2.27 bits per heavy atom. The van der Waals surface area contributed by atoms with Gasteiger partial charge in [0.05, 0.1) is 17.4 Å². The molecule has 0 spiro atoms. The fourth-order valence-electron chi connectivity index (χ4n) is 4.48. The molecule has 3 rings (SSSR count). The Balaban J connectivity index is 1.85. The molecule has 1 aromatic heterocycles. The van der Waals surface area contributed by atoms with Crippen molar-refractivity contribution in [3.8, 4) is 0 Å². The molecule has 1 amide bonds. The van der Waals surface area contributed by atoms with Gasteiger partial charge in [-0.3, -0.25) is 9.59 Å². The van der Waals surface area contributed by atoms with Gasteiger partial charge in [-0.15, -0.1) is 0 Å². The maximum atomic E-state index is 13.2. The average molecular weight is 501 g/mol. The van der Waals surface area contributed by atoms with Gasteiger partial charge in [-0.25, -0.2) is 0 Å². The van der Waals surface area contributed by atoms with E-state index >= 15 is 0 Å². The molecule has 7 nitrogen and oxygen atoms in total.